The zero-order valence-corrected chi connectivity index (χ0v) is 13.0. The second-order valence-corrected chi connectivity index (χ2v) is 5.28. The first-order valence-corrected chi connectivity index (χ1v) is 6.97. The Morgan fingerprint density at radius 2 is 2.10 bits per heavy atom. The molecule has 0 saturated carbocycles. The monoisotopic (exact) mass is 294 g/mol. The highest BCUT2D eigenvalue weighted by Gasteiger charge is 2.17. The molecule has 0 aromatic heterocycles. The molecule has 1 aromatic carbocycles. The number of carboxylic acids is 1. The van der Waals surface area contributed by atoms with Crippen LogP contribution >= 0.6 is 0 Å². The SMILES string of the molecule is CCN(c1ccc(/C=C/C(=O)O)cc1F)C(C)CN(C)C. The Labute approximate surface area is 125 Å². The topological polar surface area (TPSA) is 43.8 Å². The van der Waals surface area contributed by atoms with Crippen molar-refractivity contribution in [2.75, 3.05) is 32.1 Å². The van der Waals surface area contributed by atoms with Gasteiger partial charge in [0.1, 0.15) is 5.82 Å². The second-order valence-electron chi connectivity index (χ2n) is 5.28. The number of anilines is 1. The van der Waals surface area contributed by atoms with Crippen molar-refractivity contribution in [1.29, 1.82) is 0 Å². The maximum atomic E-state index is 14.3. The van der Waals surface area contributed by atoms with Gasteiger partial charge in [-0.2, -0.15) is 0 Å². The van der Waals surface area contributed by atoms with Crippen molar-refractivity contribution < 1.29 is 14.3 Å². The number of likely N-dealkylation sites (N-methyl/N-ethyl adjacent to an activating group) is 2. The van der Waals surface area contributed by atoms with Crippen LogP contribution < -0.4 is 4.90 Å². The highest BCUT2D eigenvalue weighted by molar-refractivity contribution is 5.85. The van der Waals surface area contributed by atoms with Crippen molar-refractivity contribution >= 4 is 17.7 Å². The highest BCUT2D eigenvalue weighted by Crippen LogP contribution is 2.23. The molecule has 0 aliphatic heterocycles. The molecule has 116 valence electrons. The van der Waals surface area contributed by atoms with Crippen LogP contribution in [0.1, 0.15) is 19.4 Å². The van der Waals surface area contributed by atoms with E-state index in [1.807, 2.05) is 25.9 Å². The molecule has 1 aromatic rings. The third-order valence-electron chi connectivity index (χ3n) is 3.20. The smallest absolute Gasteiger partial charge is 0.328 e. The minimum Gasteiger partial charge on any atom is -0.478 e. The van der Waals surface area contributed by atoms with Gasteiger partial charge in [-0.25, -0.2) is 9.18 Å². The average Bonchev–Trinajstić information content (AvgIpc) is 2.38. The molecule has 1 N–H and O–H groups in total. The first-order chi connectivity index (χ1) is 9.85. The standard InChI is InChI=1S/C16H23FN2O2/c1-5-19(12(2)11-18(3)4)15-8-6-13(10-14(15)17)7-9-16(20)21/h6-10,12H,5,11H2,1-4H3,(H,20,21)/b9-7+. The van der Waals surface area contributed by atoms with E-state index in [9.17, 15) is 9.18 Å². The van der Waals surface area contributed by atoms with Crippen LogP contribution in [-0.2, 0) is 4.79 Å². The van der Waals surface area contributed by atoms with Gasteiger partial charge in [0.2, 0.25) is 0 Å². The number of hydrogen-bond donors (Lipinski definition) is 1. The maximum absolute atomic E-state index is 14.3. The number of carbonyl (C=O) groups is 1. The summed E-state index contributed by atoms with van der Waals surface area (Å²) in [7, 11) is 3.97. The summed E-state index contributed by atoms with van der Waals surface area (Å²) in [4.78, 5) is 14.5. The van der Waals surface area contributed by atoms with Crippen molar-refractivity contribution in [3.63, 3.8) is 0 Å². The van der Waals surface area contributed by atoms with Crippen molar-refractivity contribution in [3.8, 4) is 0 Å². The molecule has 5 heteroatoms. The molecule has 0 fully saturated rings. The van der Waals surface area contributed by atoms with Gasteiger partial charge >= 0.3 is 5.97 Å². The van der Waals surface area contributed by atoms with E-state index in [2.05, 4.69) is 11.8 Å². The van der Waals surface area contributed by atoms with Crippen LogP contribution in [0.15, 0.2) is 24.3 Å². The van der Waals surface area contributed by atoms with Crippen molar-refractivity contribution in [3.05, 3.63) is 35.7 Å². The molecular weight excluding hydrogens is 271 g/mol. The molecular formula is C16H23FN2O2. The molecule has 0 radical (unpaired) electrons. The molecule has 0 saturated heterocycles. The Morgan fingerprint density at radius 1 is 1.43 bits per heavy atom. The summed E-state index contributed by atoms with van der Waals surface area (Å²) in [5, 5.41) is 8.59. The third kappa shape index (κ3) is 5.19. The summed E-state index contributed by atoms with van der Waals surface area (Å²) in [6.07, 6.45) is 2.38. The lowest BCUT2D eigenvalue weighted by atomic mass is 10.1. The van der Waals surface area contributed by atoms with Gasteiger partial charge in [0.25, 0.3) is 0 Å². The first-order valence-electron chi connectivity index (χ1n) is 6.97. The van der Waals surface area contributed by atoms with E-state index in [0.717, 1.165) is 12.6 Å². The zero-order valence-electron chi connectivity index (χ0n) is 13.0. The Morgan fingerprint density at radius 3 is 2.57 bits per heavy atom. The fourth-order valence-corrected chi connectivity index (χ4v) is 2.37. The number of nitrogens with zero attached hydrogens (tertiary/aromatic N) is 2. The normalized spacial score (nSPS) is 12.9. The third-order valence-corrected chi connectivity index (χ3v) is 3.20. The largest absolute Gasteiger partial charge is 0.478 e. The van der Waals surface area contributed by atoms with Crippen LogP contribution in [0.5, 0.6) is 0 Å². The number of hydrogen-bond acceptors (Lipinski definition) is 3. The lowest BCUT2D eigenvalue weighted by Gasteiger charge is -2.32. The second kappa shape index (κ2) is 7.78. The Hall–Kier alpha value is -1.88. The number of rotatable bonds is 7. The Bertz CT molecular complexity index is 515. The number of halogens is 1. The van der Waals surface area contributed by atoms with E-state index >= 15 is 0 Å². The van der Waals surface area contributed by atoms with E-state index in [1.54, 1.807) is 12.1 Å². The van der Waals surface area contributed by atoms with E-state index in [1.165, 1.54) is 12.1 Å². The van der Waals surface area contributed by atoms with E-state index < -0.39 is 5.97 Å². The van der Waals surface area contributed by atoms with Crippen LogP contribution in [0.2, 0.25) is 0 Å². The van der Waals surface area contributed by atoms with Crippen LogP contribution in [0, 0.1) is 5.82 Å². The van der Waals surface area contributed by atoms with Gasteiger partial charge in [-0.3, -0.25) is 0 Å². The Kier molecular flexibility index (Phi) is 6.37. The summed E-state index contributed by atoms with van der Waals surface area (Å²) in [5.74, 6) is -1.38. The van der Waals surface area contributed by atoms with Gasteiger partial charge in [-0.15, -0.1) is 0 Å². The molecule has 1 atom stereocenters. The Balaban J connectivity index is 2.98. The molecule has 1 unspecified atom stereocenters. The minimum absolute atomic E-state index is 0.180. The predicted octanol–water partition coefficient (Wildman–Crippen LogP) is 2.70. The quantitative estimate of drug-likeness (QED) is 0.785. The highest BCUT2D eigenvalue weighted by atomic mass is 19.1. The molecule has 0 amide bonds. The van der Waals surface area contributed by atoms with Crippen LogP contribution in [-0.4, -0.2) is 49.2 Å². The summed E-state index contributed by atoms with van der Waals surface area (Å²) < 4.78 is 14.3. The molecule has 0 heterocycles. The van der Waals surface area contributed by atoms with Gasteiger partial charge < -0.3 is 14.9 Å². The number of aliphatic carboxylic acids is 1. The fourth-order valence-electron chi connectivity index (χ4n) is 2.37. The lowest BCUT2D eigenvalue weighted by Crippen LogP contribution is -2.40. The van der Waals surface area contributed by atoms with Gasteiger partial charge in [0.15, 0.2) is 0 Å². The van der Waals surface area contributed by atoms with Crippen molar-refractivity contribution in [2.24, 2.45) is 0 Å². The van der Waals surface area contributed by atoms with E-state index in [4.69, 9.17) is 5.11 Å². The minimum atomic E-state index is -1.05. The predicted molar refractivity (Wildman–Crippen MR) is 84.1 cm³/mol. The summed E-state index contributed by atoms with van der Waals surface area (Å²) in [6.45, 7) is 5.58. The molecule has 0 aliphatic rings. The van der Waals surface area contributed by atoms with Gasteiger partial charge in [-0.05, 0) is 51.7 Å². The molecule has 0 spiro atoms. The van der Waals surface area contributed by atoms with E-state index in [-0.39, 0.29) is 11.9 Å². The maximum Gasteiger partial charge on any atom is 0.328 e. The molecule has 21 heavy (non-hydrogen) atoms. The molecule has 0 aliphatic carbocycles. The molecule has 0 bridgehead atoms. The summed E-state index contributed by atoms with van der Waals surface area (Å²) in [5.41, 5.74) is 1.08. The van der Waals surface area contributed by atoms with Crippen LogP contribution in [0.4, 0.5) is 10.1 Å². The van der Waals surface area contributed by atoms with Gasteiger partial charge in [-0.1, -0.05) is 6.07 Å². The lowest BCUT2D eigenvalue weighted by molar-refractivity contribution is -0.131. The average molecular weight is 294 g/mol. The summed E-state index contributed by atoms with van der Waals surface area (Å²) >= 11 is 0. The van der Waals surface area contributed by atoms with Crippen molar-refractivity contribution in [2.45, 2.75) is 19.9 Å². The molecule has 1 rings (SSSR count). The number of benzene rings is 1. The summed E-state index contributed by atoms with van der Waals surface area (Å²) in [6, 6.07) is 4.97. The zero-order chi connectivity index (χ0) is 16.0. The van der Waals surface area contributed by atoms with Crippen LogP contribution in [0.3, 0.4) is 0 Å². The van der Waals surface area contributed by atoms with Crippen molar-refractivity contribution in [1.82, 2.24) is 4.90 Å². The molecule has 4 nitrogen and oxygen atoms in total. The van der Waals surface area contributed by atoms with E-state index in [0.29, 0.717) is 17.8 Å². The fraction of sp³-hybridized carbons (Fsp3) is 0.438. The first kappa shape index (κ1) is 17.2. The van der Waals surface area contributed by atoms with Gasteiger partial charge in [0, 0.05) is 25.2 Å². The van der Waals surface area contributed by atoms with Crippen LogP contribution in [0.25, 0.3) is 6.08 Å². The van der Waals surface area contributed by atoms with Gasteiger partial charge in [0.05, 0.1) is 5.69 Å². The number of carboxylic acid groups (broad SMARTS) is 1.